The van der Waals surface area contributed by atoms with Gasteiger partial charge in [-0.05, 0) is 43.5 Å². The van der Waals surface area contributed by atoms with Gasteiger partial charge in [0, 0.05) is 29.6 Å². The first-order chi connectivity index (χ1) is 9.24. The van der Waals surface area contributed by atoms with Crippen LogP contribution in [-0.4, -0.2) is 41.7 Å². The molecule has 0 bridgehead atoms. The van der Waals surface area contributed by atoms with Crippen LogP contribution in [0, 0.1) is 0 Å². The van der Waals surface area contributed by atoms with Crippen molar-refractivity contribution < 1.29 is 5.11 Å². The third-order valence-corrected chi connectivity index (χ3v) is 4.91. The van der Waals surface area contributed by atoms with E-state index in [9.17, 15) is 5.11 Å². The van der Waals surface area contributed by atoms with Crippen LogP contribution in [0.25, 0.3) is 0 Å². The minimum Gasteiger partial charge on any atom is -0.387 e. The number of aliphatic hydroxyl groups excluding tert-OH is 1. The van der Waals surface area contributed by atoms with Crippen LogP contribution in [0.2, 0.25) is 0 Å². The summed E-state index contributed by atoms with van der Waals surface area (Å²) in [5.41, 5.74) is 0.975. The van der Waals surface area contributed by atoms with Gasteiger partial charge in [-0.15, -0.1) is 0 Å². The van der Waals surface area contributed by atoms with Crippen molar-refractivity contribution in [1.82, 2.24) is 10.2 Å². The van der Waals surface area contributed by atoms with Gasteiger partial charge in [0.05, 0.1) is 6.10 Å². The lowest BCUT2D eigenvalue weighted by Gasteiger charge is -2.23. The summed E-state index contributed by atoms with van der Waals surface area (Å²) < 4.78 is 1.02. The van der Waals surface area contributed by atoms with Crippen LogP contribution in [-0.2, 0) is 0 Å². The molecule has 104 valence electrons. The Kier molecular flexibility index (Phi) is 4.22. The lowest BCUT2D eigenvalue weighted by Crippen LogP contribution is -2.40. The maximum atomic E-state index is 10.2. The Hall–Kier alpha value is -0.420. The molecule has 0 radical (unpaired) electrons. The van der Waals surface area contributed by atoms with Gasteiger partial charge in [-0.1, -0.05) is 28.1 Å². The van der Waals surface area contributed by atoms with Crippen molar-refractivity contribution in [3.63, 3.8) is 0 Å². The molecule has 2 aliphatic heterocycles. The van der Waals surface area contributed by atoms with Crippen LogP contribution in [0.1, 0.15) is 30.9 Å². The van der Waals surface area contributed by atoms with Crippen LogP contribution in [0.15, 0.2) is 28.7 Å². The molecule has 2 saturated heterocycles. The SMILES string of the molecule is OC(CNC1CCN2CCCC12)c1cccc(Br)c1. The quantitative estimate of drug-likeness (QED) is 0.892. The summed E-state index contributed by atoms with van der Waals surface area (Å²) in [4.78, 5) is 2.59. The summed E-state index contributed by atoms with van der Waals surface area (Å²) in [5, 5.41) is 13.8. The highest BCUT2D eigenvalue weighted by Crippen LogP contribution is 2.28. The van der Waals surface area contributed by atoms with Gasteiger partial charge in [0.25, 0.3) is 0 Å². The van der Waals surface area contributed by atoms with E-state index in [0.29, 0.717) is 18.6 Å². The number of nitrogens with one attached hydrogen (secondary N) is 1. The fourth-order valence-electron chi connectivity index (χ4n) is 3.42. The molecule has 0 saturated carbocycles. The van der Waals surface area contributed by atoms with E-state index >= 15 is 0 Å². The smallest absolute Gasteiger partial charge is 0.0914 e. The Morgan fingerprint density at radius 1 is 1.37 bits per heavy atom. The van der Waals surface area contributed by atoms with Crippen LogP contribution in [0.5, 0.6) is 0 Å². The predicted molar refractivity (Wildman–Crippen MR) is 80.1 cm³/mol. The Balaban J connectivity index is 1.54. The normalized spacial score (nSPS) is 28.5. The number of halogens is 1. The predicted octanol–water partition coefficient (Wildman–Crippen LogP) is 2.31. The van der Waals surface area contributed by atoms with Gasteiger partial charge < -0.3 is 10.4 Å². The Labute approximate surface area is 123 Å². The lowest BCUT2D eigenvalue weighted by atomic mass is 10.1. The Bertz CT molecular complexity index is 440. The van der Waals surface area contributed by atoms with E-state index in [-0.39, 0.29) is 0 Å². The zero-order valence-electron chi connectivity index (χ0n) is 11.1. The molecule has 2 heterocycles. The van der Waals surface area contributed by atoms with E-state index in [0.717, 1.165) is 10.0 Å². The first kappa shape index (κ1) is 13.6. The van der Waals surface area contributed by atoms with Gasteiger partial charge in [-0.2, -0.15) is 0 Å². The highest BCUT2D eigenvalue weighted by Gasteiger charge is 2.36. The zero-order chi connectivity index (χ0) is 13.2. The van der Waals surface area contributed by atoms with Crippen LogP contribution in [0.3, 0.4) is 0 Å². The first-order valence-corrected chi connectivity index (χ1v) is 7.94. The van der Waals surface area contributed by atoms with Crippen molar-refractivity contribution in [2.24, 2.45) is 0 Å². The van der Waals surface area contributed by atoms with Gasteiger partial charge in [-0.3, -0.25) is 4.90 Å². The topological polar surface area (TPSA) is 35.5 Å². The van der Waals surface area contributed by atoms with E-state index in [1.54, 1.807) is 0 Å². The highest BCUT2D eigenvalue weighted by molar-refractivity contribution is 9.10. The molecule has 3 nitrogen and oxygen atoms in total. The van der Waals surface area contributed by atoms with E-state index in [1.165, 1.54) is 32.4 Å². The van der Waals surface area contributed by atoms with Gasteiger partial charge in [0.1, 0.15) is 0 Å². The van der Waals surface area contributed by atoms with Crippen molar-refractivity contribution in [2.45, 2.75) is 37.5 Å². The lowest BCUT2D eigenvalue weighted by molar-refractivity contribution is 0.166. The van der Waals surface area contributed by atoms with Crippen molar-refractivity contribution >= 4 is 15.9 Å². The fourth-order valence-corrected chi connectivity index (χ4v) is 3.83. The van der Waals surface area contributed by atoms with E-state index in [2.05, 4.69) is 26.1 Å². The largest absolute Gasteiger partial charge is 0.387 e. The molecule has 0 aromatic heterocycles. The van der Waals surface area contributed by atoms with Crippen LogP contribution >= 0.6 is 15.9 Å². The van der Waals surface area contributed by atoms with Crippen molar-refractivity contribution in [3.8, 4) is 0 Å². The molecule has 2 N–H and O–H groups in total. The third-order valence-electron chi connectivity index (χ3n) is 4.41. The maximum Gasteiger partial charge on any atom is 0.0914 e. The Morgan fingerprint density at radius 3 is 3.11 bits per heavy atom. The number of hydrogen-bond donors (Lipinski definition) is 2. The Morgan fingerprint density at radius 2 is 2.26 bits per heavy atom. The number of benzene rings is 1. The number of rotatable bonds is 4. The van der Waals surface area contributed by atoms with E-state index in [4.69, 9.17) is 0 Å². The molecule has 0 spiro atoms. The first-order valence-electron chi connectivity index (χ1n) is 7.15. The standard InChI is InChI=1S/C15H21BrN2O/c16-12-4-1-3-11(9-12)15(19)10-17-13-6-8-18-7-2-5-14(13)18/h1,3-4,9,13-15,17,19H,2,5-8,10H2. The number of aliphatic hydroxyl groups is 1. The van der Waals surface area contributed by atoms with Gasteiger partial charge in [-0.25, -0.2) is 0 Å². The summed E-state index contributed by atoms with van der Waals surface area (Å²) >= 11 is 3.45. The minimum atomic E-state index is -0.423. The van der Waals surface area contributed by atoms with Crippen molar-refractivity contribution in [1.29, 1.82) is 0 Å². The second-order valence-electron chi connectivity index (χ2n) is 5.62. The second kappa shape index (κ2) is 5.92. The second-order valence-corrected chi connectivity index (χ2v) is 6.54. The molecular weight excluding hydrogens is 304 g/mol. The molecule has 0 aliphatic carbocycles. The number of hydrogen-bond acceptors (Lipinski definition) is 3. The summed E-state index contributed by atoms with van der Waals surface area (Å²) in [5.74, 6) is 0. The third kappa shape index (κ3) is 3.02. The van der Waals surface area contributed by atoms with Gasteiger partial charge in [0.2, 0.25) is 0 Å². The average Bonchev–Trinajstić information content (AvgIpc) is 2.99. The fraction of sp³-hybridized carbons (Fsp3) is 0.600. The summed E-state index contributed by atoms with van der Waals surface area (Å²) in [7, 11) is 0. The highest BCUT2D eigenvalue weighted by atomic mass is 79.9. The maximum absolute atomic E-state index is 10.2. The molecule has 2 aliphatic rings. The molecule has 1 aromatic carbocycles. The molecule has 1 aromatic rings. The molecule has 4 heteroatoms. The molecule has 3 atom stereocenters. The molecule has 3 rings (SSSR count). The molecule has 3 unspecified atom stereocenters. The molecular formula is C15H21BrN2O. The zero-order valence-corrected chi connectivity index (χ0v) is 12.6. The minimum absolute atomic E-state index is 0.423. The molecule has 19 heavy (non-hydrogen) atoms. The van der Waals surface area contributed by atoms with Crippen LogP contribution < -0.4 is 5.32 Å². The van der Waals surface area contributed by atoms with Crippen LogP contribution in [0.4, 0.5) is 0 Å². The average molecular weight is 325 g/mol. The van der Waals surface area contributed by atoms with E-state index < -0.39 is 6.10 Å². The van der Waals surface area contributed by atoms with E-state index in [1.807, 2.05) is 24.3 Å². The van der Waals surface area contributed by atoms with Gasteiger partial charge >= 0.3 is 0 Å². The number of fused-ring (bicyclic) bond motifs is 1. The molecule has 2 fully saturated rings. The molecule has 0 amide bonds. The summed E-state index contributed by atoms with van der Waals surface area (Å²) in [6.07, 6.45) is 3.44. The van der Waals surface area contributed by atoms with Crippen molar-refractivity contribution in [3.05, 3.63) is 34.3 Å². The summed E-state index contributed by atoms with van der Waals surface area (Å²) in [6.45, 7) is 3.12. The monoisotopic (exact) mass is 324 g/mol. The van der Waals surface area contributed by atoms with Gasteiger partial charge in [0.15, 0.2) is 0 Å². The number of nitrogens with zero attached hydrogens (tertiary/aromatic N) is 1. The summed E-state index contributed by atoms with van der Waals surface area (Å²) in [6, 6.07) is 9.18. The van der Waals surface area contributed by atoms with Crippen molar-refractivity contribution in [2.75, 3.05) is 19.6 Å².